The van der Waals surface area contributed by atoms with Gasteiger partial charge in [-0.05, 0) is 119 Å². The molecule has 0 radical (unpaired) electrons. The average Bonchev–Trinajstić information content (AvgIpc) is 3.52. The minimum atomic E-state index is -0.0825. The van der Waals surface area contributed by atoms with Crippen molar-refractivity contribution in [2.75, 3.05) is 14.7 Å². The predicted molar refractivity (Wildman–Crippen MR) is 254 cm³/mol. The normalized spacial score (nSPS) is 19.3. The molecule has 1 aliphatic carbocycles. The Hall–Kier alpha value is -6.78. The summed E-state index contributed by atoms with van der Waals surface area (Å²) in [5, 5.41) is 0. The van der Waals surface area contributed by atoms with Gasteiger partial charge in [0, 0.05) is 45.2 Å². The molecule has 8 aromatic carbocycles. The van der Waals surface area contributed by atoms with Gasteiger partial charge in [0.05, 0.1) is 11.2 Å². The van der Waals surface area contributed by atoms with Crippen LogP contribution in [0.15, 0.2) is 194 Å². The molecule has 2 atom stereocenters. The summed E-state index contributed by atoms with van der Waals surface area (Å²) in [6.07, 6.45) is 4.85. The summed E-state index contributed by atoms with van der Waals surface area (Å²) >= 11 is 0. The number of rotatable bonds is 6. The molecule has 60 heavy (non-hydrogen) atoms. The van der Waals surface area contributed by atoms with E-state index in [9.17, 15) is 0 Å². The van der Waals surface area contributed by atoms with E-state index in [0.29, 0.717) is 0 Å². The quantitative estimate of drug-likeness (QED) is 0.156. The van der Waals surface area contributed by atoms with Crippen LogP contribution in [0.3, 0.4) is 0 Å². The molecule has 0 aromatic heterocycles. The fraction of sp³-hybridized carbons (Fsp3) is 0.143. The van der Waals surface area contributed by atoms with Gasteiger partial charge in [0.15, 0.2) is 0 Å². The SMILES string of the molecule is CC12CCCCC1(C)N1c3cc(N(c4cccc(-c5ccccc5)c4)c4cccc(-c5ccccc5)c4)cc4c3B(c3ccccc3N4c3ccccc3)c3cccc2c31. The molecule has 3 heterocycles. The van der Waals surface area contributed by atoms with Gasteiger partial charge in [-0.15, -0.1) is 0 Å². The second-order valence-electron chi connectivity index (χ2n) is 17.6. The molecule has 0 amide bonds. The molecular formula is C56H46BN3. The summed E-state index contributed by atoms with van der Waals surface area (Å²) in [6, 6.07) is 72.2. The first-order valence-electron chi connectivity index (χ1n) is 21.7. The van der Waals surface area contributed by atoms with Crippen LogP contribution >= 0.6 is 0 Å². The van der Waals surface area contributed by atoms with Crippen molar-refractivity contribution in [1.29, 1.82) is 0 Å². The number of para-hydroxylation sites is 3. The molecule has 8 aromatic rings. The van der Waals surface area contributed by atoms with Crippen LogP contribution in [-0.4, -0.2) is 12.3 Å². The van der Waals surface area contributed by atoms with E-state index in [0.717, 1.165) is 23.5 Å². The van der Waals surface area contributed by atoms with Crippen LogP contribution in [0.2, 0.25) is 0 Å². The van der Waals surface area contributed by atoms with Crippen molar-refractivity contribution in [3.05, 3.63) is 200 Å². The first-order chi connectivity index (χ1) is 29.5. The molecule has 0 saturated heterocycles. The number of hydrogen-bond donors (Lipinski definition) is 0. The lowest BCUT2D eigenvalue weighted by Crippen LogP contribution is -2.64. The summed E-state index contributed by atoms with van der Waals surface area (Å²) in [6.45, 7) is 5.25. The largest absolute Gasteiger partial charge is 0.335 e. The van der Waals surface area contributed by atoms with Gasteiger partial charge in [-0.3, -0.25) is 0 Å². The molecule has 1 fully saturated rings. The van der Waals surface area contributed by atoms with Crippen LogP contribution in [0, 0.1) is 0 Å². The lowest BCUT2D eigenvalue weighted by atomic mass is 9.33. The van der Waals surface area contributed by atoms with Crippen LogP contribution in [-0.2, 0) is 5.41 Å². The Morgan fingerprint density at radius 3 is 1.70 bits per heavy atom. The van der Waals surface area contributed by atoms with Crippen LogP contribution in [0.1, 0.15) is 45.1 Å². The van der Waals surface area contributed by atoms with Crippen LogP contribution in [0.5, 0.6) is 0 Å². The summed E-state index contributed by atoms with van der Waals surface area (Å²) in [7, 11) is 0. The Labute approximate surface area is 354 Å². The molecule has 12 rings (SSSR count). The molecule has 288 valence electrons. The highest BCUT2D eigenvalue weighted by atomic mass is 15.3. The molecule has 0 spiro atoms. The first kappa shape index (κ1) is 35.2. The highest BCUT2D eigenvalue weighted by Gasteiger charge is 2.61. The van der Waals surface area contributed by atoms with E-state index >= 15 is 0 Å². The van der Waals surface area contributed by atoms with Crippen molar-refractivity contribution in [3.8, 4) is 22.3 Å². The Kier molecular flexibility index (Phi) is 7.84. The first-order valence-corrected chi connectivity index (χ1v) is 21.7. The zero-order valence-electron chi connectivity index (χ0n) is 34.2. The van der Waals surface area contributed by atoms with Crippen molar-refractivity contribution in [2.45, 2.75) is 50.5 Å². The Balaban J connectivity index is 1.18. The maximum atomic E-state index is 2.84. The summed E-state index contributed by atoms with van der Waals surface area (Å²) in [5.41, 5.74) is 20.3. The lowest BCUT2D eigenvalue weighted by molar-refractivity contribution is 0.195. The molecule has 3 nitrogen and oxygen atoms in total. The number of fused-ring (bicyclic) bond motifs is 7. The number of hydrogen-bond acceptors (Lipinski definition) is 3. The van der Waals surface area contributed by atoms with Gasteiger partial charge in [0.2, 0.25) is 0 Å². The molecular weight excluding hydrogens is 725 g/mol. The fourth-order valence-electron chi connectivity index (χ4n) is 11.6. The van der Waals surface area contributed by atoms with Crippen LogP contribution in [0.4, 0.5) is 45.5 Å². The van der Waals surface area contributed by atoms with Crippen molar-refractivity contribution in [1.82, 2.24) is 0 Å². The number of nitrogens with zero attached hydrogens (tertiary/aromatic N) is 3. The van der Waals surface area contributed by atoms with Gasteiger partial charge in [0.25, 0.3) is 6.71 Å². The average molecular weight is 772 g/mol. The van der Waals surface area contributed by atoms with Gasteiger partial charge in [-0.1, -0.05) is 159 Å². The molecule has 0 bridgehead atoms. The lowest BCUT2D eigenvalue weighted by Gasteiger charge is -2.53. The Bertz CT molecular complexity index is 2860. The molecule has 1 saturated carbocycles. The summed E-state index contributed by atoms with van der Waals surface area (Å²) < 4.78 is 0. The van der Waals surface area contributed by atoms with Gasteiger partial charge >= 0.3 is 0 Å². The standard InChI is InChI=1S/C56H46BN3/c1-55-33-14-15-34-56(55,2)60-52-38-46(58(44-27-16-23-41(35-44)39-19-6-3-7-20-39)45-28-17-24-42(36-45)40-21-8-4-9-22-40)37-51-53(52)57(49-31-18-29-47(55)54(49)60)48-30-12-13-32-50(48)59(51)43-25-10-5-11-26-43/h3-13,16-32,35-38H,14-15,33-34H2,1-2H3. The minimum Gasteiger partial charge on any atom is -0.335 e. The molecule has 4 heteroatoms. The van der Waals surface area contributed by atoms with Crippen LogP contribution in [0.25, 0.3) is 22.3 Å². The highest BCUT2D eigenvalue weighted by molar-refractivity contribution is 7.00. The molecule has 3 aliphatic heterocycles. The van der Waals surface area contributed by atoms with Gasteiger partial charge in [-0.2, -0.15) is 0 Å². The van der Waals surface area contributed by atoms with E-state index in [4.69, 9.17) is 0 Å². The van der Waals surface area contributed by atoms with E-state index in [1.165, 1.54) is 91.9 Å². The monoisotopic (exact) mass is 771 g/mol. The van der Waals surface area contributed by atoms with E-state index < -0.39 is 0 Å². The number of anilines is 8. The third-order valence-corrected chi connectivity index (χ3v) is 14.5. The Morgan fingerprint density at radius 1 is 0.467 bits per heavy atom. The number of benzene rings is 8. The molecule has 4 aliphatic rings. The zero-order chi connectivity index (χ0) is 40.0. The van der Waals surface area contributed by atoms with E-state index in [1.54, 1.807) is 0 Å². The van der Waals surface area contributed by atoms with Gasteiger partial charge in [0.1, 0.15) is 0 Å². The zero-order valence-corrected chi connectivity index (χ0v) is 34.2. The maximum Gasteiger partial charge on any atom is 0.252 e. The van der Waals surface area contributed by atoms with Crippen molar-refractivity contribution in [2.24, 2.45) is 0 Å². The minimum absolute atomic E-state index is 0.0271. The van der Waals surface area contributed by atoms with Crippen molar-refractivity contribution >= 4 is 68.6 Å². The highest BCUT2D eigenvalue weighted by Crippen LogP contribution is 2.62. The van der Waals surface area contributed by atoms with E-state index in [1.807, 2.05) is 0 Å². The molecule has 2 unspecified atom stereocenters. The molecule has 0 N–H and O–H groups in total. The predicted octanol–water partition coefficient (Wildman–Crippen LogP) is 12.8. The smallest absolute Gasteiger partial charge is 0.252 e. The Morgan fingerprint density at radius 2 is 1.02 bits per heavy atom. The van der Waals surface area contributed by atoms with E-state index in [-0.39, 0.29) is 17.7 Å². The summed E-state index contributed by atoms with van der Waals surface area (Å²) in [5.74, 6) is 0. The fourth-order valence-corrected chi connectivity index (χ4v) is 11.6. The van der Waals surface area contributed by atoms with Crippen molar-refractivity contribution in [3.63, 3.8) is 0 Å². The third kappa shape index (κ3) is 5.03. The third-order valence-electron chi connectivity index (χ3n) is 14.5. The second-order valence-corrected chi connectivity index (χ2v) is 17.6. The summed E-state index contributed by atoms with van der Waals surface area (Å²) in [4.78, 5) is 7.89. The van der Waals surface area contributed by atoms with Gasteiger partial charge < -0.3 is 14.7 Å². The topological polar surface area (TPSA) is 9.72 Å². The van der Waals surface area contributed by atoms with Crippen LogP contribution < -0.4 is 31.1 Å². The van der Waals surface area contributed by atoms with E-state index in [2.05, 4.69) is 223 Å². The van der Waals surface area contributed by atoms with Crippen molar-refractivity contribution < 1.29 is 0 Å². The van der Waals surface area contributed by atoms with Gasteiger partial charge in [-0.25, -0.2) is 0 Å². The maximum absolute atomic E-state index is 2.84. The second kappa shape index (κ2) is 13.4.